The van der Waals surface area contributed by atoms with Gasteiger partial charge in [-0.15, -0.1) is 0 Å². The summed E-state index contributed by atoms with van der Waals surface area (Å²) < 4.78 is 56.4. The Labute approximate surface area is 225 Å². The quantitative estimate of drug-likeness (QED) is 0.315. The summed E-state index contributed by atoms with van der Waals surface area (Å²) >= 11 is 0. The van der Waals surface area contributed by atoms with Gasteiger partial charge in [-0.3, -0.25) is 4.72 Å². The molecule has 0 bridgehead atoms. The lowest BCUT2D eigenvalue weighted by Crippen LogP contribution is -2.15. The monoisotopic (exact) mass is 541 g/mol. The Hall–Kier alpha value is -3.85. The lowest BCUT2D eigenvalue weighted by Gasteiger charge is -2.19. The molecule has 0 atom stereocenters. The summed E-state index contributed by atoms with van der Waals surface area (Å²) in [7, 11) is 3.69. The van der Waals surface area contributed by atoms with Crippen LogP contribution in [0.15, 0.2) is 53.4 Å². The third-order valence-electron chi connectivity index (χ3n) is 5.93. The van der Waals surface area contributed by atoms with E-state index >= 15 is 0 Å². The Bertz CT molecular complexity index is 1380. The van der Waals surface area contributed by atoms with Crippen LogP contribution in [-0.2, 0) is 15.4 Å². The van der Waals surface area contributed by atoms with Crippen molar-refractivity contribution in [2.75, 3.05) is 40.3 Å². The van der Waals surface area contributed by atoms with Crippen LogP contribution in [0.2, 0.25) is 0 Å². The molecule has 9 heteroatoms. The van der Waals surface area contributed by atoms with E-state index in [1.54, 1.807) is 45.6 Å². The van der Waals surface area contributed by atoms with Crippen LogP contribution in [0.4, 0.5) is 5.69 Å². The van der Waals surface area contributed by atoms with Crippen LogP contribution in [0.5, 0.6) is 28.7 Å². The summed E-state index contributed by atoms with van der Waals surface area (Å²) in [5.41, 5.74) is 2.66. The molecule has 0 radical (unpaired) electrons. The fourth-order valence-corrected chi connectivity index (χ4v) is 4.94. The van der Waals surface area contributed by atoms with Crippen LogP contribution in [0.3, 0.4) is 0 Å². The van der Waals surface area contributed by atoms with Crippen molar-refractivity contribution in [3.8, 4) is 28.7 Å². The van der Waals surface area contributed by atoms with Gasteiger partial charge in [-0.25, -0.2) is 8.42 Å². The molecule has 0 spiro atoms. The SMILES string of the molecule is COc1cc(/C=C\c2cc(OC)c(OC)c(OC)c2)cc(NS(=O)(=O)c2ccc(C(C)(C)C)cc2)c1OC. The molecule has 8 nitrogen and oxygen atoms in total. The molecule has 1 N–H and O–H groups in total. The van der Waals surface area contributed by atoms with Gasteiger partial charge in [0.25, 0.3) is 10.0 Å². The predicted octanol–water partition coefficient (Wildman–Crippen LogP) is 6.00. The Morgan fingerprint density at radius 2 is 1.11 bits per heavy atom. The molecule has 3 aromatic carbocycles. The van der Waals surface area contributed by atoms with E-state index in [9.17, 15) is 8.42 Å². The standard InChI is InChI=1S/C29H35NO7S/c1-29(2,3)21-11-13-22(14-12-21)38(31,32)30-23-15-19(16-24(33-4)27(23)36-7)9-10-20-17-25(34-5)28(37-8)26(18-20)35-6/h9-18,30H,1-8H3/b10-9-. The molecule has 3 aromatic rings. The Morgan fingerprint density at radius 3 is 1.53 bits per heavy atom. The largest absolute Gasteiger partial charge is 0.493 e. The highest BCUT2D eigenvalue weighted by atomic mass is 32.2. The summed E-state index contributed by atoms with van der Waals surface area (Å²) in [6.45, 7) is 6.22. The molecule has 3 rings (SSSR count). The van der Waals surface area contributed by atoms with Crippen molar-refractivity contribution in [3.05, 3.63) is 65.2 Å². The maximum absolute atomic E-state index is 13.3. The number of hydrogen-bond acceptors (Lipinski definition) is 7. The molecule has 0 saturated heterocycles. The minimum Gasteiger partial charge on any atom is -0.493 e. The Kier molecular flexibility index (Phi) is 8.83. The average molecular weight is 542 g/mol. The minimum absolute atomic E-state index is 0.0924. The average Bonchev–Trinajstić information content (AvgIpc) is 2.90. The number of benzene rings is 3. The molecule has 38 heavy (non-hydrogen) atoms. The first-order chi connectivity index (χ1) is 18.0. The molecule has 0 fully saturated rings. The Morgan fingerprint density at radius 1 is 0.658 bits per heavy atom. The van der Waals surface area contributed by atoms with Gasteiger partial charge in [0, 0.05) is 0 Å². The van der Waals surface area contributed by atoms with Gasteiger partial charge in [-0.05, 0) is 58.5 Å². The van der Waals surface area contributed by atoms with Crippen molar-refractivity contribution in [1.29, 1.82) is 0 Å². The second kappa shape index (κ2) is 11.7. The van der Waals surface area contributed by atoms with E-state index in [1.807, 2.05) is 36.4 Å². The minimum atomic E-state index is -3.90. The van der Waals surface area contributed by atoms with Crippen molar-refractivity contribution in [1.82, 2.24) is 0 Å². The van der Waals surface area contributed by atoms with E-state index in [-0.39, 0.29) is 21.7 Å². The zero-order chi connectivity index (χ0) is 28.1. The second-order valence-electron chi connectivity index (χ2n) is 9.48. The van der Waals surface area contributed by atoms with E-state index in [4.69, 9.17) is 23.7 Å². The number of methoxy groups -OCH3 is 5. The molecular formula is C29H35NO7S. The van der Waals surface area contributed by atoms with Crippen molar-refractivity contribution in [3.63, 3.8) is 0 Å². The Balaban J connectivity index is 2.01. The van der Waals surface area contributed by atoms with Crippen LogP contribution in [0.25, 0.3) is 12.2 Å². The number of anilines is 1. The smallest absolute Gasteiger partial charge is 0.262 e. The van der Waals surface area contributed by atoms with E-state index in [0.29, 0.717) is 28.6 Å². The van der Waals surface area contributed by atoms with Gasteiger partial charge in [-0.1, -0.05) is 45.1 Å². The molecule has 0 aliphatic rings. The predicted molar refractivity (Wildman–Crippen MR) is 151 cm³/mol. The normalized spacial score (nSPS) is 11.8. The van der Waals surface area contributed by atoms with Crippen LogP contribution < -0.4 is 28.4 Å². The molecule has 0 unspecified atom stereocenters. The topological polar surface area (TPSA) is 92.3 Å². The van der Waals surface area contributed by atoms with Gasteiger partial charge >= 0.3 is 0 Å². The summed E-state index contributed by atoms with van der Waals surface area (Å²) in [6.07, 6.45) is 3.66. The molecule has 0 aliphatic heterocycles. The first-order valence-corrected chi connectivity index (χ1v) is 13.3. The number of ether oxygens (including phenoxy) is 5. The number of hydrogen-bond donors (Lipinski definition) is 1. The van der Waals surface area contributed by atoms with Gasteiger partial charge in [0.05, 0.1) is 46.1 Å². The fourth-order valence-electron chi connectivity index (χ4n) is 3.89. The highest BCUT2D eigenvalue weighted by Gasteiger charge is 2.21. The van der Waals surface area contributed by atoms with Crippen LogP contribution in [-0.4, -0.2) is 44.0 Å². The van der Waals surface area contributed by atoms with Crippen LogP contribution in [0, 0.1) is 0 Å². The van der Waals surface area contributed by atoms with E-state index in [1.165, 1.54) is 14.2 Å². The fraction of sp³-hybridized carbons (Fsp3) is 0.310. The van der Waals surface area contributed by atoms with Crippen molar-refractivity contribution < 1.29 is 32.1 Å². The molecule has 0 amide bonds. The zero-order valence-electron chi connectivity index (χ0n) is 23.0. The van der Waals surface area contributed by atoms with Crippen molar-refractivity contribution in [2.24, 2.45) is 0 Å². The lowest BCUT2D eigenvalue weighted by atomic mass is 9.87. The van der Waals surface area contributed by atoms with Crippen molar-refractivity contribution in [2.45, 2.75) is 31.1 Å². The number of nitrogens with one attached hydrogen (secondary N) is 1. The van der Waals surface area contributed by atoms with E-state index in [2.05, 4.69) is 25.5 Å². The highest BCUT2D eigenvalue weighted by molar-refractivity contribution is 7.92. The van der Waals surface area contributed by atoms with Gasteiger partial charge in [0.15, 0.2) is 23.0 Å². The molecular weight excluding hydrogens is 506 g/mol. The zero-order valence-corrected chi connectivity index (χ0v) is 23.9. The molecule has 204 valence electrons. The van der Waals surface area contributed by atoms with E-state index in [0.717, 1.165) is 11.1 Å². The summed E-state index contributed by atoms with van der Waals surface area (Å²) in [5, 5.41) is 0. The van der Waals surface area contributed by atoms with Gasteiger partial charge in [0.1, 0.15) is 0 Å². The van der Waals surface area contributed by atoms with Crippen LogP contribution in [0.1, 0.15) is 37.5 Å². The van der Waals surface area contributed by atoms with Crippen LogP contribution >= 0.6 is 0 Å². The molecule has 0 heterocycles. The molecule has 0 aliphatic carbocycles. The first kappa shape index (κ1) is 28.7. The second-order valence-corrected chi connectivity index (χ2v) is 11.2. The number of rotatable bonds is 10. The summed E-state index contributed by atoms with van der Waals surface area (Å²) in [5.74, 6) is 2.17. The van der Waals surface area contributed by atoms with Crippen molar-refractivity contribution >= 4 is 27.9 Å². The van der Waals surface area contributed by atoms with Gasteiger partial charge < -0.3 is 23.7 Å². The lowest BCUT2D eigenvalue weighted by molar-refractivity contribution is 0.324. The summed E-state index contributed by atoms with van der Waals surface area (Å²) in [4.78, 5) is 0.143. The number of sulfonamides is 1. The third kappa shape index (κ3) is 6.34. The highest BCUT2D eigenvalue weighted by Crippen LogP contribution is 2.40. The molecule has 0 aromatic heterocycles. The maximum atomic E-state index is 13.3. The first-order valence-electron chi connectivity index (χ1n) is 11.8. The maximum Gasteiger partial charge on any atom is 0.262 e. The van der Waals surface area contributed by atoms with Gasteiger partial charge in [0.2, 0.25) is 5.75 Å². The third-order valence-corrected chi connectivity index (χ3v) is 7.31. The molecule has 0 saturated carbocycles. The van der Waals surface area contributed by atoms with Gasteiger partial charge in [-0.2, -0.15) is 0 Å². The summed E-state index contributed by atoms with van der Waals surface area (Å²) in [6, 6.07) is 13.9. The van der Waals surface area contributed by atoms with E-state index < -0.39 is 10.0 Å².